The van der Waals surface area contributed by atoms with E-state index in [1.165, 1.54) is 6.20 Å². The van der Waals surface area contributed by atoms with E-state index in [1.54, 1.807) is 9.47 Å². The lowest BCUT2D eigenvalue weighted by molar-refractivity contribution is -0.465. The fourth-order valence-corrected chi connectivity index (χ4v) is 4.31. The zero-order valence-electron chi connectivity index (χ0n) is 16.7. The maximum Gasteiger partial charge on any atom is 0.266 e. The Morgan fingerprint density at radius 1 is 1.42 bits per heavy atom. The van der Waals surface area contributed by atoms with Gasteiger partial charge in [-0.05, 0) is 31.5 Å². The SMILES string of the molecule is CNCC1=CCN(c2c(F)cc3c(=O)c(C(=O)C[N+](=O)[O-])cn(C4CC4)c3c2Cl)C1.Cl. The first-order chi connectivity index (χ1) is 14.3. The van der Waals surface area contributed by atoms with Gasteiger partial charge in [-0.1, -0.05) is 17.7 Å². The third-order valence-electron chi connectivity index (χ3n) is 5.41. The van der Waals surface area contributed by atoms with Gasteiger partial charge >= 0.3 is 0 Å². The Bertz CT molecular complexity index is 1160. The number of nitrogens with zero attached hydrogens (tertiary/aromatic N) is 3. The Morgan fingerprint density at radius 2 is 2.13 bits per heavy atom. The van der Waals surface area contributed by atoms with E-state index in [1.807, 2.05) is 13.1 Å². The molecular formula is C20H21Cl2FN4O4. The van der Waals surface area contributed by atoms with Gasteiger partial charge in [-0.25, -0.2) is 4.39 Å². The van der Waals surface area contributed by atoms with E-state index < -0.39 is 28.5 Å². The topological polar surface area (TPSA) is 97.5 Å². The maximum atomic E-state index is 15.1. The van der Waals surface area contributed by atoms with Crippen LogP contribution in [0.5, 0.6) is 0 Å². The van der Waals surface area contributed by atoms with Crippen molar-refractivity contribution in [1.82, 2.24) is 9.88 Å². The molecule has 8 nitrogen and oxygen atoms in total. The second-order valence-electron chi connectivity index (χ2n) is 7.61. The van der Waals surface area contributed by atoms with E-state index in [0.29, 0.717) is 25.2 Å². The molecule has 1 fully saturated rings. The fourth-order valence-electron chi connectivity index (χ4n) is 3.90. The van der Waals surface area contributed by atoms with Crippen molar-refractivity contribution in [3.63, 3.8) is 0 Å². The van der Waals surface area contributed by atoms with E-state index >= 15 is 4.39 Å². The van der Waals surface area contributed by atoms with Gasteiger partial charge in [0.05, 0.1) is 27.2 Å². The van der Waals surface area contributed by atoms with E-state index in [0.717, 1.165) is 24.5 Å². The van der Waals surface area contributed by atoms with Crippen LogP contribution >= 0.6 is 24.0 Å². The lowest BCUT2D eigenvalue weighted by Crippen LogP contribution is -2.26. The predicted molar refractivity (Wildman–Crippen MR) is 119 cm³/mol. The van der Waals surface area contributed by atoms with Crippen molar-refractivity contribution in [1.29, 1.82) is 0 Å². The van der Waals surface area contributed by atoms with Gasteiger partial charge in [0, 0.05) is 36.8 Å². The highest BCUT2D eigenvalue weighted by Gasteiger charge is 2.31. The summed E-state index contributed by atoms with van der Waals surface area (Å²) in [5, 5.41) is 13.9. The van der Waals surface area contributed by atoms with Crippen LogP contribution in [-0.2, 0) is 0 Å². The van der Waals surface area contributed by atoms with Crippen molar-refractivity contribution < 1.29 is 14.1 Å². The summed E-state index contributed by atoms with van der Waals surface area (Å²) >= 11 is 6.64. The van der Waals surface area contributed by atoms with Crippen LogP contribution in [0.4, 0.5) is 10.1 Å². The summed E-state index contributed by atoms with van der Waals surface area (Å²) in [7, 11) is 1.83. The molecule has 2 aliphatic rings. The van der Waals surface area contributed by atoms with E-state index in [2.05, 4.69) is 5.32 Å². The molecule has 0 saturated heterocycles. The molecule has 0 atom stereocenters. The molecule has 166 valence electrons. The molecule has 0 radical (unpaired) electrons. The number of likely N-dealkylation sites (N-methyl/N-ethyl adjacent to an activating group) is 1. The Kier molecular flexibility index (Phi) is 6.68. The standard InChI is InChI=1S/C20H20ClFN4O4.ClH/c1-23-7-11-4-5-24(8-11)19-15(22)6-13-18(17(19)21)25(12-2-3-12)9-14(20(13)28)16(27)10-26(29)30;/h4,6,9,12,23H,2-3,5,7-8,10H2,1H3;1H. The van der Waals surface area contributed by atoms with Crippen molar-refractivity contribution in [3.8, 4) is 0 Å². The normalized spacial score (nSPS) is 15.7. The second-order valence-corrected chi connectivity index (χ2v) is 7.99. The molecule has 0 amide bonds. The van der Waals surface area contributed by atoms with E-state index in [-0.39, 0.29) is 40.1 Å². The van der Waals surface area contributed by atoms with Crippen LogP contribution in [0.1, 0.15) is 29.2 Å². The quantitative estimate of drug-likeness (QED) is 0.289. The molecule has 0 spiro atoms. The van der Waals surface area contributed by atoms with Crippen LogP contribution in [-0.4, -0.2) is 48.5 Å². The third kappa shape index (κ3) is 4.30. The number of Topliss-reactive ketones (excluding diaryl/α,β-unsaturated/α-hetero) is 1. The van der Waals surface area contributed by atoms with Crippen molar-refractivity contribution in [2.24, 2.45) is 0 Å². The molecule has 0 unspecified atom stereocenters. The van der Waals surface area contributed by atoms with Crippen LogP contribution < -0.4 is 15.6 Å². The van der Waals surface area contributed by atoms with E-state index in [9.17, 15) is 19.7 Å². The van der Waals surface area contributed by atoms with Crippen LogP contribution in [0.15, 0.2) is 28.7 Å². The number of hydrogen-bond acceptors (Lipinski definition) is 6. The van der Waals surface area contributed by atoms with Gasteiger partial charge in [0.15, 0.2) is 0 Å². The van der Waals surface area contributed by atoms with Crippen LogP contribution in [0.3, 0.4) is 0 Å². The van der Waals surface area contributed by atoms with Crippen LogP contribution in [0.2, 0.25) is 5.02 Å². The summed E-state index contributed by atoms with van der Waals surface area (Å²) in [6.45, 7) is 0.688. The van der Waals surface area contributed by atoms with Crippen molar-refractivity contribution >= 4 is 46.4 Å². The average Bonchev–Trinajstić information content (AvgIpc) is 3.42. The average molecular weight is 471 g/mol. The maximum absolute atomic E-state index is 15.1. The highest BCUT2D eigenvalue weighted by Crippen LogP contribution is 2.42. The van der Waals surface area contributed by atoms with Gasteiger partial charge in [-0.2, -0.15) is 0 Å². The first-order valence-corrected chi connectivity index (χ1v) is 9.99. The zero-order valence-corrected chi connectivity index (χ0v) is 18.3. The molecule has 0 bridgehead atoms. The molecule has 11 heteroatoms. The lowest BCUT2D eigenvalue weighted by Gasteiger charge is -2.23. The van der Waals surface area contributed by atoms with Crippen molar-refractivity contribution in [2.75, 3.05) is 38.1 Å². The molecule has 4 rings (SSSR count). The number of nitrogens with one attached hydrogen (secondary N) is 1. The predicted octanol–water partition coefficient (Wildman–Crippen LogP) is 2.98. The molecule has 1 aromatic carbocycles. The molecule has 1 aliphatic carbocycles. The number of ketones is 1. The first-order valence-electron chi connectivity index (χ1n) is 9.61. The van der Waals surface area contributed by atoms with Gasteiger partial charge in [-0.3, -0.25) is 19.7 Å². The minimum Gasteiger partial charge on any atom is -0.360 e. The summed E-state index contributed by atoms with van der Waals surface area (Å²) in [5.74, 6) is -1.56. The van der Waals surface area contributed by atoms with Crippen molar-refractivity contribution in [3.05, 3.63) is 60.7 Å². The summed E-state index contributed by atoms with van der Waals surface area (Å²) in [6, 6.07) is 1.11. The van der Waals surface area contributed by atoms with Crippen LogP contribution in [0, 0.1) is 15.9 Å². The van der Waals surface area contributed by atoms with Gasteiger partial charge in [0.1, 0.15) is 5.82 Å². The number of fused-ring (bicyclic) bond motifs is 1. The summed E-state index contributed by atoms with van der Waals surface area (Å²) < 4.78 is 16.8. The summed E-state index contributed by atoms with van der Waals surface area (Å²) in [6.07, 6.45) is 4.99. The number of rotatable bonds is 7. The number of carbonyl (C=O) groups is 1. The van der Waals surface area contributed by atoms with Gasteiger partial charge in [0.25, 0.3) is 6.54 Å². The molecule has 2 heterocycles. The number of halogens is 3. The monoisotopic (exact) mass is 470 g/mol. The Labute approximate surface area is 188 Å². The summed E-state index contributed by atoms with van der Waals surface area (Å²) in [5.41, 5.74) is 0.628. The molecule has 1 saturated carbocycles. The summed E-state index contributed by atoms with van der Waals surface area (Å²) in [4.78, 5) is 36.9. The highest BCUT2D eigenvalue weighted by atomic mass is 35.5. The van der Waals surface area contributed by atoms with Gasteiger partial charge < -0.3 is 14.8 Å². The zero-order chi connectivity index (χ0) is 21.6. The fraction of sp³-hybridized carbons (Fsp3) is 0.400. The number of carbonyl (C=O) groups excluding carboxylic acids is 1. The number of nitro groups is 1. The van der Waals surface area contributed by atoms with Crippen LogP contribution in [0.25, 0.3) is 10.9 Å². The number of anilines is 1. The number of benzene rings is 1. The number of hydrogen-bond donors (Lipinski definition) is 1. The highest BCUT2D eigenvalue weighted by molar-refractivity contribution is 6.38. The molecule has 1 aromatic heterocycles. The molecular weight excluding hydrogens is 450 g/mol. The Hall–Kier alpha value is -2.49. The van der Waals surface area contributed by atoms with Gasteiger partial charge in [-0.15, -0.1) is 12.4 Å². The van der Waals surface area contributed by atoms with Gasteiger partial charge in [0.2, 0.25) is 11.2 Å². The first kappa shape index (κ1) is 23.2. The molecule has 1 aliphatic heterocycles. The number of pyridine rings is 1. The second kappa shape index (κ2) is 8.94. The third-order valence-corrected chi connectivity index (χ3v) is 5.77. The largest absolute Gasteiger partial charge is 0.360 e. The molecule has 31 heavy (non-hydrogen) atoms. The number of aromatic nitrogens is 1. The Balaban J connectivity index is 0.00000272. The lowest BCUT2D eigenvalue weighted by atomic mass is 10.1. The minimum absolute atomic E-state index is 0. The van der Waals surface area contributed by atoms with Crippen molar-refractivity contribution in [2.45, 2.75) is 18.9 Å². The smallest absolute Gasteiger partial charge is 0.266 e. The minimum atomic E-state index is -0.993. The molecule has 2 aromatic rings. The Morgan fingerprint density at radius 3 is 2.74 bits per heavy atom. The molecule has 1 N–H and O–H groups in total. The van der Waals surface area contributed by atoms with E-state index in [4.69, 9.17) is 11.6 Å².